The first-order chi connectivity index (χ1) is 12.4. The van der Waals surface area contributed by atoms with Crippen molar-refractivity contribution in [2.45, 2.75) is 13.0 Å². The molecule has 3 rings (SSSR count). The summed E-state index contributed by atoms with van der Waals surface area (Å²) in [6.45, 7) is 1.28. The number of carbonyl (C=O) groups is 2. The minimum Gasteiger partial charge on any atom is -0.347 e. The molecule has 0 fully saturated rings. The highest BCUT2D eigenvalue weighted by molar-refractivity contribution is 6.02. The van der Waals surface area contributed by atoms with E-state index in [4.69, 9.17) is 0 Å². The van der Waals surface area contributed by atoms with Gasteiger partial charge in [-0.1, -0.05) is 36.4 Å². The van der Waals surface area contributed by atoms with Crippen LogP contribution in [0.1, 0.15) is 13.0 Å². The zero-order valence-corrected chi connectivity index (χ0v) is 14.8. The van der Waals surface area contributed by atoms with Crippen LogP contribution in [-0.2, 0) is 9.59 Å². The number of amides is 1. The molecule has 0 saturated heterocycles. The van der Waals surface area contributed by atoms with Gasteiger partial charge in [0.2, 0.25) is 0 Å². The number of carbonyl (C=O) groups excluding carboxylic acids is 2. The lowest BCUT2D eigenvalue weighted by Crippen LogP contribution is -2.41. The minimum absolute atomic E-state index is 0.436. The molecule has 0 saturated carbocycles. The van der Waals surface area contributed by atoms with E-state index in [0.717, 1.165) is 21.0 Å². The monoisotopic (exact) mass is 349 g/mol. The Morgan fingerprint density at radius 3 is 2.35 bits per heavy atom. The van der Waals surface area contributed by atoms with Crippen LogP contribution in [0.15, 0.2) is 59.4 Å². The molecule has 6 nitrogen and oxygen atoms in total. The Bertz CT molecular complexity index is 1050. The van der Waals surface area contributed by atoms with E-state index < -0.39 is 23.3 Å². The fourth-order valence-electron chi connectivity index (χ4n) is 2.81. The predicted molar refractivity (Wildman–Crippen MR) is 99.9 cm³/mol. The number of ketones is 1. The number of fused-ring (bicyclic) bond motifs is 1. The van der Waals surface area contributed by atoms with E-state index >= 15 is 0 Å². The van der Waals surface area contributed by atoms with Gasteiger partial charge in [-0.15, -0.1) is 0 Å². The number of likely N-dealkylation sites (N-methyl/N-ethyl adjacent to an activating group) is 1. The molecule has 0 aliphatic heterocycles. The molecular weight excluding hydrogens is 330 g/mol. The first-order valence-electron chi connectivity index (χ1n) is 8.19. The van der Waals surface area contributed by atoms with E-state index in [9.17, 15) is 14.4 Å². The van der Waals surface area contributed by atoms with Gasteiger partial charge in [0.25, 0.3) is 11.5 Å². The van der Waals surface area contributed by atoms with Gasteiger partial charge in [-0.3, -0.25) is 14.4 Å². The van der Waals surface area contributed by atoms with E-state index in [1.807, 2.05) is 42.5 Å². The number of hydrogen-bond acceptors (Lipinski definition) is 4. The molecule has 0 bridgehead atoms. The van der Waals surface area contributed by atoms with Crippen LogP contribution in [0.4, 0.5) is 0 Å². The van der Waals surface area contributed by atoms with Crippen molar-refractivity contribution in [3.8, 4) is 11.3 Å². The first kappa shape index (κ1) is 17.5. The number of rotatable bonds is 4. The molecule has 0 spiro atoms. The Morgan fingerprint density at radius 1 is 1.00 bits per heavy atom. The van der Waals surface area contributed by atoms with Crippen LogP contribution in [0.25, 0.3) is 22.0 Å². The lowest BCUT2D eigenvalue weighted by atomic mass is 10.0. The highest BCUT2D eigenvalue weighted by Gasteiger charge is 2.29. The summed E-state index contributed by atoms with van der Waals surface area (Å²) in [7, 11) is 3.08. The average Bonchev–Trinajstić information content (AvgIpc) is 2.62. The third-order valence-electron chi connectivity index (χ3n) is 4.17. The first-order valence-corrected chi connectivity index (χ1v) is 8.19. The highest BCUT2D eigenvalue weighted by Crippen LogP contribution is 2.22. The fourth-order valence-corrected chi connectivity index (χ4v) is 2.81. The van der Waals surface area contributed by atoms with E-state index in [-0.39, 0.29) is 0 Å². The maximum atomic E-state index is 12.4. The van der Waals surface area contributed by atoms with Crippen LogP contribution >= 0.6 is 0 Å². The van der Waals surface area contributed by atoms with Crippen molar-refractivity contribution >= 4 is 22.5 Å². The quantitative estimate of drug-likeness (QED) is 0.678. The van der Waals surface area contributed by atoms with Gasteiger partial charge in [0, 0.05) is 25.7 Å². The van der Waals surface area contributed by atoms with Crippen molar-refractivity contribution in [2.75, 3.05) is 14.1 Å². The predicted octanol–water partition coefficient (Wildman–Crippen LogP) is 2.28. The lowest BCUT2D eigenvalue weighted by Gasteiger charge is -2.19. The molecule has 1 aromatic heterocycles. The van der Waals surface area contributed by atoms with E-state index in [1.165, 1.54) is 32.0 Å². The van der Waals surface area contributed by atoms with Gasteiger partial charge < -0.3 is 4.90 Å². The van der Waals surface area contributed by atoms with Crippen LogP contribution in [0.3, 0.4) is 0 Å². The van der Waals surface area contributed by atoms with Gasteiger partial charge in [-0.05, 0) is 29.8 Å². The standard InChI is InChI=1S/C20H19N3O3/c1-13(24)19(20(26)22(2)3)23-18(25)11-10-17(21-23)16-9-8-14-6-4-5-7-15(14)12-16/h4-12,19H,1-3H3/t19-/m0/s1. The zero-order chi connectivity index (χ0) is 18.8. The molecule has 3 aromatic rings. The normalized spacial score (nSPS) is 12.0. The third kappa shape index (κ3) is 3.26. The third-order valence-corrected chi connectivity index (χ3v) is 4.17. The SMILES string of the molecule is CC(=O)[C@@H](C(=O)N(C)C)n1nc(-c2ccc3ccccc3c2)ccc1=O. The molecular formula is C20H19N3O3. The maximum absolute atomic E-state index is 12.4. The number of hydrogen-bond donors (Lipinski definition) is 0. The topological polar surface area (TPSA) is 72.3 Å². The van der Waals surface area contributed by atoms with Crippen molar-refractivity contribution in [1.82, 2.24) is 14.7 Å². The smallest absolute Gasteiger partial charge is 0.267 e. The molecule has 0 radical (unpaired) electrons. The number of benzene rings is 2. The molecule has 6 heteroatoms. The van der Waals surface area contributed by atoms with Crippen molar-refractivity contribution in [2.24, 2.45) is 0 Å². The summed E-state index contributed by atoms with van der Waals surface area (Å²) in [5.74, 6) is -0.920. The number of Topliss-reactive ketones (excluding diaryl/α,β-unsaturated/α-hetero) is 1. The average molecular weight is 349 g/mol. The van der Waals surface area contributed by atoms with Crippen LogP contribution in [0.2, 0.25) is 0 Å². The molecule has 2 aromatic carbocycles. The summed E-state index contributed by atoms with van der Waals surface area (Å²) in [4.78, 5) is 37.9. The largest absolute Gasteiger partial charge is 0.347 e. The minimum atomic E-state index is -1.27. The van der Waals surface area contributed by atoms with Crippen molar-refractivity contribution < 1.29 is 9.59 Å². The van der Waals surface area contributed by atoms with Gasteiger partial charge in [0.1, 0.15) is 0 Å². The second-order valence-electron chi connectivity index (χ2n) is 6.31. The molecule has 0 N–H and O–H groups in total. The van der Waals surface area contributed by atoms with E-state index in [1.54, 1.807) is 6.07 Å². The molecule has 132 valence electrons. The highest BCUT2D eigenvalue weighted by atomic mass is 16.2. The van der Waals surface area contributed by atoms with E-state index in [0.29, 0.717) is 5.69 Å². The molecule has 1 amide bonds. The molecule has 0 aliphatic rings. The second kappa shape index (κ2) is 6.92. The Labute approximate surface area is 150 Å². The molecule has 0 unspecified atom stereocenters. The second-order valence-corrected chi connectivity index (χ2v) is 6.31. The number of aromatic nitrogens is 2. The number of nitrogens with zero attached hydrogens (tertiary/aromatic N) is 3. The Balaban J connectivity index is 2.13. The summed E-state index contributed by atoms with van der Waals surface area (Å²) in [5.41, 5.74) is 0.829. The van der Waals surface area contributed by atoms with Crippen LogP contribution in [0, 0.1) is 0 Å². The van der Waals surface area contributed by atoms with Crippen LogP contribution in [-0.4, -0.2) is 40.5 Å². The molecule has 1 atom stereocenters. The maximum Gasteiger partial charge on any atom is 0.267 e. The van der Waals surface area contributed by atoms with Gasteiger partial charge in [-0.2, -0.15) is 5.10 Å². The zero-order valence-electron chi connectivity index (χ0n) is 14.8. The molecule has 1 heterocycles. The van der Waals surface area contributed by atoms with Gasteiger partial charge in [-0.25, -0.2) is 4.68 Å². The van der Waals surface area contributed by atoms with Gasteiger partial charge >= 0.3 is 0 Å². The molecule has 0 aliphatic carbocycles. The van der Waals surface area contributed by atoms with Gasteiger partial charge in [0.15, 0.2) is 11.8 Å². The Kier molecular flexibility index (Phi) is 4.67. The van der Waals surface area contributed by atoms with Crippen molar-refractivity contribution in [3.05, 3.63) is 65.0 Å². The van der Waals surface area contributed by atoms with E-state index in [2.05, 4.69) is 5.10 Å². The lowest BCUT2D eigenvalue weighted by molar-refractivity contribution is -0.138. The van der Waals surface area contributed by atoms with Crippen LogP contribution < -0.4 is 5.56 Å². The van der Waals surface area contributed by atoms with Gasteiger partial charge in [0.05, 0.1) is 5.69 Å². The Hall–Kier alpha value is -3.28. The summed E-state index contributed by atoms with van der Waals surface area (Å²) in [6.07, 6.45) is 0. The fraction of sp³-hybridized carbons (Fsp3) is 0.200. The van der Waals surface area contributed by atoms with Crippen LogP contribution in [0.5, 0.6) is 0 Å². The van der Waals surface area contributed by atoms with Crippen molar-refractivity contribution in [3.63, 3.8) is 0 Å². The Morgan fingerprint density at radius 2 is 1.69 bits per heavy atom. The summed E-state index contributed by atoms with van der Waals surface area (Å²) in [5, 5.41) is 6.44. The summed E-state index contributed by atoms with van der Waals surface area (Å²) < 4.78 is 0.967. The summed E-state index contributed by atoms with van der Waals surface area (Å²) in [6, 6.07) is 15.4. The summed E-state index contributed by atoms with van der Waals surface area (Å²) >= 11 is 0. The molecule has 26 heavy (non-hydrogen) atoms. The van der Waals surface area contributed by atoms with Crippen molar-refractivity contribution in [1.29, 1.82) is 0 Å².